The van der Waals surface area contributed by atoms with Gasteiger partial charge in [-0.3, -0.25) is 9.69 Å². The lowest BCUT2D eigenvalue weighted by atomic mass is 10.1. The van der Waals surface area contributed by atoms with Gasteiger partial charge in [-0.15, -0.1) is 0 Å². The van der Waals surface area contributed by atoms with E-state index in [1.165, 1.54) is 44.3 Å². The Labute approximate surface area is 139 Å². The number of amides is 1. The third kappa shape index (κ3) is 3.09. The number of carbonyl (C=O) groups is 1. The Morgan fingerprint density at radius 3 is 2.43 bits per heavy atom. The minimum atomic E-state index is 0.210. The summed E-state index contributed by atoms with van der Waals surface area (Å²) >= 11 is 0. The summed E-state index contributed by atoms with van der Waals surface area (Å²) < 4.78 is 0. The van der Waals surface area contributed by atoms with Crippen LogP contribution in [-0.4, -0.2) is 61.0 Å². The van der Waals surface area contributed by atoms with Crippen LogP contribution in [0.4, 0.5) is 5.69 Å². The van der Waals surface area contributed by atoms with Gasteiger partial charge in [0.25, 0.3) is 5.91 Å². The van der Waals surface area contributed by atoms with Gasteiger partial charge in [-0.1, -0.05) is 0 Å². The van der Waals surface area contributed by atoms with Gasteiger partial charge in [0.05, 0.1) is 0 Å². The van der Waals surface area contributed by atoms with Crippen LogP contribution in [0.2, 0.25) is 0 Å². The van der Waals surface area contributed by atoms with Crippen molar-refractivity contribution in [3.63, 3.8) is 0 Å². The summed E-state index contributed by atoms with van der Waals surface area (Å²) in [5.41, 5.74) is 2.11. The lowest BCUT2D eigenvalue weighted by molar-refractivity contribution is 0.0571. The van der Waals surface area contributed by atoms with Gasteiger partial charge in [0.2, 0.25) is 0 Å². The second-order valence-electron chi connectivity index (χ2n) is 7.18. The van der Waals surface area contributed by atoms with Crippen molar-refractivity contribution in [1.82, 2.24) is 9.80 Å². The molecule has 0 aliphatic carbocycles. The van der Waals surface area contributed by atoms with E-state index in [1.54, 1.807) is 0 Å². The van der Waals surface area contributed by atoms with E-state index in [2.05, 4.69) is 26.8 Å². The Kier molecular flexibility index (Phi) is 4.25. The Bertz CT molecular complexity index is 550. The molecule has 1 amide bonds. The summed E-state index contributed by atoms with van der Waals surface area (Å²) in [7, 11) is 0. The van der Waals surface area contributed by atoms with E-state index in [9.17, 15) is 4.79 Å². The van der Waals surface area contributed by atoms with Gasteiger partial charge < -0.3 is 9.80 Å². The highest BCUT2D eigenvalue weighted by atomic mass is 16.2. The van der Waals surface area contributed by atoms with E-state index in [-0.39, 0.29) is 5.91 Å². The number of nitrogens with zero attached hydrogens (tertiary/aromatic N) is 3. The van der Waals surface area contributed by atoms with Gasteiger partial charge in [0, 0.05) is 50.0 Å². The van der Waals surface area contributed by atoms with E-state index in [1.807, 2.05) is 12.1 Å². The first-order valence-electron chi connectivity index (χ1n) is 9.19. The number of anilines is 1. The molecule has 4 rings (SSSR count). The molecule has 124 valence electrons. The first kappa shape index (κ1) is 15.0. The molecule has 0 saturated carbocycles. The van der Waals surface area contributed by atoms with Crippen LogP contribution in [0.5, 0.6) is 0 Å². The van der Waals surface area contributed by atoms with Gasteiger partial charge >= 0.3 is 0 Å². The molecule has 1 aromatic rings. The molecule has 23 heavy (non-hydrogen) atoms. The molecule has 4 nitrogen and oxygen atoms in total. The van der Waals surface area contributed by atoms with Gasteiger partial charge in [0.1, 0.15) is 0 Å². The van der Waals surface area contributed by atoms with Crippen LogP contribution in [0.1, 0.15) is 42.5 Å². The molecule has 3 heterocycles. The predicted molar refractivity (Wildman–Crippen MR) is 93.0 cm³/mol. The smallest absolute Gasteiger partial charge is 0.253 e. The molecule has 3 saturated heterocycles. The highest BCUT2D eigenvalue weighted by Gasteiger charge is 2.32. The van der Waals surface area contributed by atoms with Gasteiger partial charge in [-0.05, 0) is 62.9 Å². The lowest BCUT2D eigenvalue weighted by Crippen LogP contribution is -2.52. The van der Waals surface area contributed by atoms with Crippen molar-refractivity contribution >= 4 is 11.6 Å². The number of hydrogen-bond acceptors (Lipinski definition) is 3. The van der Waals surface area contributed by atoms with Crippen molar-refractivity contribution in [2.24, 2.45) is 0 Å². The minimum Gasteiger partial charge on any atom is -0.372 e. The van der Waals surface area contributed by atoms with Gasteiger partial charge in [-0.2, -0.15) is 0 Å². The number of carbonyl (C=O) groups excluding carboxylic acids is 1. The lowest BCUT2D eigenvalue weighted by Gasteiger charge is -2.37. The summed E-state index contributed by atoms with van der Waals surface area (Å²) in [5.74, 6) is 0.210. The molecule has 1 atom stereocenters. The van der Waals surface area contributed by atoms with Crippen LogP contribution in [0.25, 0.3) is 0 Å². The van der Waals surface area contributed by atoms with E-state index < -0.39 is 0 Å². The van der Waals surface area contributed by atoms with Crippen LogP contribution in [0.15, 0.2) is 24.3 Å². The molecular formula is C19H27N3O. The van der Waals surface area contributed by atoms with Gasteiger partial charge in [0.15, 0.2) is 0 Å². The third-order valence-electron chi connectivity index (χ3n) is 5.71. The number of benzene rings is 1. The molecule has 1 aromatic carbocycles. The molecular weight excluding hydrogens is 286 g/mol. The Hall–Kier alpha value is -1.55. The maximum absolute atomic E-state index is 12.8. The number of hydrogen-bond donors (Lipinski definition) is 0. The summed E-state index contributed by atoms with van der Waals surface area (Å²) in [6.45, 7) is 6.35. The summed E-state index contributed by atoms with van der Waals surface area (Å²) in [6, 6.07) is 8.90. The maximum Gasteiger partial charge on any atom is 0.253 e. The Balaban J connectivity index is 1.42. The zero-order valence-corrected chi connectivity index (χ0v) is 13.9. The Morgan fingerprint density at radius 1 is 0.870 bits per heavy atom. The summed E-state index contributed by atoms with van der Waals surface area (Å²) in [4.78, 5) is 19.8. The molecule has 0 aromatic heterocycles. The normalized spacial score (nSPS) is 25.5. The van der Waals surface area contributed by atoms with E-state index in [4.69, 9.17) is 0 Å². The second kappa shape index (κ2) is 6.52. The first-order chi connectivity index (χ1) is 11.3. The molecule has 0 radical (unpaired) electrons. The van der Waals surface area contributed by atoms with Gasteiger partial charge in [-0.25, -0.2) is 0 Å². The minimum absolute atomic E-state index is 0.210. The fourth-order valence-electron chi connectivity index (χ4n) is 4.33. The topological polar surface area (TPSA) is 26.8 Å². The van der Waals surface area contributed by atoms with Crippen molar-refractivity contribution in [2.75, 3.05) is 44.2 Å². The average molecular weight is 313 g/mol. The van der Waals surface area contributed by atoms with Crippen LogP contribution in [-0.2, 0) is 0 Å². The third-order valence-corrected chi connectivity index (χ3v) is 5.71. The highest BCUT2D eigenvalue weighted by molar-refractivity contribution is 5.94. The predicted octanol–water partition coefficient (Wildman–Crippen LogP) is 2.60. The molecule has 3 aliphatic heterocycles. The molecule has 0 N–H and O–H groups in total. The zero-order chi connectivity index (χ0) is 15.6. The largest absolute Gasteiger partial charge is 0.372 e. The van der Waals surface area contributed by atoms with Crippen LogP contribution < -0.4 is 4.90 Å². The molecule has 3 aliphatic rings. The molecule has 0 spiro atoms. The average Bonchev–Trinajstić information content (AvgIpc) is 3.10. The van der Waals surface area contributed by atoms with Crippen molar-refractivity contribution < 1.29 is 4.79 Å². The quantitative estimate of drug-likeness (QED) is 0.840. The summed E-state index contributed by atoms with van der Waals surface area (Å²) in [6.07, 6.45) is 6.45. The van der Waals surface area contributed by atoms with Crippen LogP contribution in [0, 0.1) is 0 Å². The highest BCUT2D eigenvalue weighted by Crippen LogP contribution is 2.24. The van der Waals surface area contributed by atoms with E-state index in [0.29, 0.717) is 6.04 Å². The van der Waals surface area contributed by atoms with Crippen molar-refractivity contribution in [3.8, 4) is 0 Å². The molecule has 4 heteroatoms. The van der Waals surface area contributed by atoms with Crippen molar-refractivity contribution in [1.29, 1.82) is 0 Å². The molecule has 0 bridgehead atoms. The number of rotatable bonds is 2. The number of piperidine rings is 1. The first-order valence-corrected chi connectivity index (χ1v) is 9.19. The van der Waals surface area contributed by atoms with E-state index in [0.717, 1.165) is 38.3 Å². The van der Waals surface area contributed by atoms with Crippen molar-refractivity contribution in [3.05, 3.63) is 29.8 Å². The van der Waals surface area contributed by atoms with E-state index >= 15 is 0 Å². The number of piperazine rings is 1. The fourth-order valence-corrected chi connectivity index (χ4v) is 4.33. The van der Waals surface area contributed by atoms with Crippen LogP contribution >= 0.6 is 0 Å². The second-order valence-corrected chi connectivity index (χ2v) is 7.18. The Morgan fingerprint density at radius 2 is 1.65 bits per heavy atom. The number of fused-ring (bicyclic) bond motifs is 1. The van der Waals surface area contributed by atoms with Crippen molar-refractivity contribution in [2.45, 2.75) is 38.1 Å². The summed E-state index contributed by atoms with van der Waals surface area (Å²) in [5, 5.41) is 0. The monoisotopic (exact) mass is 313 g/mol. The zero-order valence-electron chi connectivity index (χ0n) is 13.9. The molecule has 3 fully saturated rings. The molecule has 0 unspecified atom stereocenters. The fraction of sp³-hybridized carbons (Fsp3) is 0.632. The standard InChI is InChI=1S/C19H27N3O/c23-19(22-14-13-21-12-4-5-18(21)15-22)16-6-8-17(9-7-16)20-10-2-1-3-11-20/h6-9,18H,1-5,10-15H2/t18-/m1/s1. The van der Waals surface area contributed by atoms with Crippen LogP contribution in [0.3, 0.4) is 0 Å². The maximum atomic E-state index is 12.8. The SMILES string of the molecule is O=C(c1ccc(N2CCCCC2)cc1)N1CCN2CCC[C@@H]2C1.